The lowest BCUT2D eigenvalue weighted by molar-refractivity contribution is -0.123. The van der Waals surface area contributed by atoms with Gasteiger partial charge in [-0.25, -0.2) is 4.68 Å². The van der Waals surface area contributed by atoms with Crippen LogP contribution in [0.2, 0.25) is 5.02 Å². The Morgan fingerprint density at radius 3 is 2.56 bits per heavy atom. The highest BCUT2D eigenvalue weighted by Gasteiger charge is 2.56. The second-order valence-electron chi connectivity index (χ2n) is 11.0. The summed E-state index contributed by atoms with van der Waals surface area (Å²) < 4.78 is 1.09. The maximum Gasteiger partial charge on any atom is 0.288 e. The monoisotopic (exact) mass is 464 g/mol. The summed E-state index contributed by atoms with van der Waals surface area (Å²) in [5.74, 6) is 1.52. The molecule has 2 bridgehead atoms. The molecule has 1 heterocycles. The molecule has 1 aromatic rings. The summed E-state index contributed by atoms with van der Waals surface area (Å²) >= 11 is 6.38. The van der Waals surface area contributed by atoms with Crippen LogP contribution in [0.5, 0.6) is 0 Å². The minimum absolute atomic E-state index is 0.0703. The van der Waals surface area contributed by atoms with Gasteiger partial charge in [-0.05, 0) is 48.9 Å². The summed E-state index contributed by atoms with van der Waals surface area (Å²) in [5.41, 5.74) is -0.409. The fraction of sp³-hybridized carbons (Fsp3) is 0.792. The van der Waals surface area contributed by atoms with E-state index in [0.717, 1.165) is 36.8 Å². The third-order valence-electron chi connectivity index (χ3n) is 8.62. The van der Waals surface area contributed by atoms with Crippen molar-refractivity contribution in [3.8, 4) is 0 Å². The molecule has 4 aliphatic carbocycles. The summed E-state index contributed by atoms with van der Waals surface area (Å²) in [4.78, 5) is 25.2. The van der Waals surface area contributed by atoms with E-state index >= 15 is 0 Å². The molecule has 7 nitrogen and oxygen atoms in total. The molecule has 0 aromatic carbocycles. The molecule has 1 aromatic heterocycles. The number of fused-ring (bicyclic) bond motifs is 2. The van der Waals surface area contributed by atoms with Gasteiger partial charge in [-0.2, -0.15) is 5.10 Å². The number of aromatic nitrogens is 2. The van der Waals surface area contributed by atoms with Gasteiger partial charge in [0.1, 0.15) is 11.6 Å². The molecule has 178 valence electrons. The smallest absolute Gasteiger partial charge is 0.288 e. The molecule has 5 rings (SSSR count). The number of nitrogens with one attached hydrogen (secondary N) is 2. The lowest BCUT2D eigenvalue weighted by Gasteiger charge is -2.62. The summed E-state index contributed by atoms with van der Waals surface area (Å²) in [6, 6.07) is 0.268. The Hall–Kier alpha value is -1.60. The number of hydrogen-bond donors (Lipinski definition) is 3. The van der Waals surface area contributed by atoms with Crippen molar-refractivity contribution in [1.82, 2.24) is 15.1 Å². The zero-order valence-corrected chi connectivity index (χ0v) is 20.2. The van der Waals surface area contributed by atoms with Gasteiger partial charge < -0.3 is 15.7 Å². The van der Waals surface area contributed by atoms with Crippen molar-refractivity contribution < 1.29 is 9.90 Å². The molecule has 3 N–H and O–H groups in total. The van der Waals surface area contributed by atoms with Crippen LogP contribution >= 0.6 is 11.6 Å². The van der Waals surface area contributed by atoms with Crippen molar-refractivity contribution in [2.75, 3.05) is 11.9 Å². The molecular formula is C24H37ClN4O3. The summed E-state index contributed by atoms with van der Waals surface area (Å²) in [6.45, 7) is 6.97. The number of hydrogen-bond acceptors (Lipinski definition) is 5. The Morgan fingerprint density at radius 1 is 1.25 bits per heavy atom. The fourth-order valence-electron chi connectivity index (χ4n) is 6.24. The average molecular weight is 465 g/mol. The first-order valence-corrected chi connectivity index (χ1v) is 12.5. The molecule has 0 saturated heterocycles. The van der Waals surface area contributed by atoms with E-state index in [2.05, 4.69) is 36.5 Å². The van der Waals surface area contributed by atoms with Crippen LogP contribution < -0.4 is 16.2 Å². The van der Waals surface area contributed by atoms with Crippen molar-refractivity contribution in [3.05, 3.63) is 21.6 Å². The lowest BCUT2D eigenvalue weighted by atomic mass is 9.45. The third kappa shape index (κ3) is 4.56. The van der Waals surface area contributed by atoms with Crippen molar-refractivity contribution in [1.29, 1.82) is 0 Å². The predicted octanol–water partition coefficient (Wildman–Crippen LogP) is 3.58. The summed E-state index contributed by atoms with van der Waals surface area (Å²) in [6.07, 6.45) is 9.45. The molecule has 0 spiro atoms. The van der Waals surface area contributed by atoms with Gasteiger partial charge in [0, 0.05) is 12.6 Å². The van der Waals surface area contributed by atoms with E-state index in [1.807, 2.05) is 0 Å². The van der Waals surface area contributed by atoms with Crippen molar-refractivity contribution in [2.24, 2.45) is 23.2 Å². The Labute approximate surface area is 195 Å². The van der Waals surface area contributed by atoms with Crippen molar-refractivity contribution >= 4 is 23.2 Å². The van der Waals surface area contributed by atoms with E-state index in [1.165, 1.54) is 6.42 Å². The van der Waals surface area contributed by atoms with Crippen LogP contribution in [0.4, 0.5) is 5.69 Å². The normalized spacial score (nSPS) is 30.7. The second kappa shape index (κ2) is 8.98. The van der Waals surface area contributed by atoms with E-state index in [1.54, 1.807) is 6.20 Å². The number of amides is 1. The van der Waals surface area contributed by atoms with E-state index in [0.29, 0.717) is 41.7 Å². The maximum atomic E-state index is 12.7. The Morgan fingerprint density at radius 2 is 1.94 bits per heavy atom. The number of aliphatic hydroxyl groups is 1. The van der Waals surface area contributed by atoms with Crippen LogP contribution in [0.25, 0.3) is 0 Å². The number of halogens is 1. The van der Waals surface area contributed by atoms with E-state index in [4.69, 9.17) is 11.6 Å². The number of nitrogens with zero attached hydrogens (tertiary/aromatic N) is 2. The highest BCUT2D eigenvalue weighted by Crippen LogP contribution is 2.61. The predicted molar refractivity (Wildman–Crippen MR) is 126 cm³/mol. The number of carbonyl (C=O) groups is 1. The maximum absolute atomic E-state index is 12.7. The van der Waals surface area contributed by atoms with Crippen LogP contribution in [-0.2, 0) is 11.3 Å². The van der Waals surface area contributed by atoms with Crippen molar-refractivity contribution in [3.63, 3.8) is 0 Å². The largest absolute Gasteiger partial charge is 0.388 e. The van der Waals surface area contributed by atoms with E-state index in [-0.39, 0.29) is 30.1 Å². The third-order valence-corrected chi connectivity index (χ3v) is 8.99. The molecule has 32 heavy (non-hydrogen) atoms. The molecule has 4 saturated carbocycles. The van der Waals surface area contributed by atoms with Gasteiger partial charge in [-0.3, -0.25) is 9.59 Å². The number of carbonyl (C=O) groups excluding carboxylic acids is 1. The van der Waals surface area contributed by atoms with Crippen LogP contribution in [0, 0.1) is 23.2 Å². The molecule has 0 unspecified atom stereocenters. The minimum atomic E-state index is -0.859. The zero-order valence-electron chi connectivity index (χ0n) is 19.5. The van der Waals surface area contributed by atoms with Gasteiger partial charge in [0.05, 0.1) is 17.5 Å². The number of rotatable bonds is 6. The van der Waals surface area contributed by atoms with Crippen molar-refractivity contribution in [2.45, 2.75) is 90.3 Å². The summed E-state index contributed by atoms with van der Waals surface area (Å²) in [5, 5.41) is 21.2. The van der Waals surface area contributed by atoms with E-state index in [9.17, 15) is 14.7 Å². The minimum Gasteiger partial charge on any atom is -0.388 e. The van der Waals surface area contributed by atoms with Crippen LogP contribution in [0.15, 0.2) is 11.0 Å². The molecule has 0 radical (unpaired) electrons. The highest BCUT2D eigenvalue weighted by atomic mass is 35.5. The molecule has 1 amide bonds. The van der Waals surface area contributed by atoms with E-state index < -0.39 is 11.2 Å². The van der Waals surface area contributed by atoms with Gasteiger partial charge in [-0.1, -0.05) is 58.1 Å². The lowest BCUT2D eigenvalue weighted by Crippen LogP contribution is -2.58. The van der Waals surface area contributed by atoms with Gasteiger partial charge in [0.15, 0.2) is 0 Å². The highest BCUT2D eigenvalue weighted by molar-refractivity contribution is 6.32. The molecule has 4 aliphatic rings. The molecule has 0 aliphatic heterocycles. The summed E-state index contributed by atoms with van der Waals surface area (Å²) in [7, 11) is 0. The molecule has 4 atom stereocenters. The Kier molecular flexibility index (Phi) is 6.61. The van der Waals surface area contributed by atoms with Crippen LogP contribution in [0.1, 0.15) is 72.1 Å². The first-order valence-electron chi connectivity index (χ1n) is 12.1. The Bertz CT molecular complexity index is 907. The zero-order chi connectivity index (χ0) is 23.1. The Balaban J connectivity index is 1.36. The standard InChI is InChI=1S/C24H37ClN4O3/c1-15-17-10-16(23(17,2)3)11-18(15)28-19-12-27-29(22(31)21(19)25)13-20(30)26-14-24(32)8-6-4-5-7-9-24/h12,15-18,28,32H,4-11,13-14H2,1-3H3,(H,26,30)/t15-,16+,17-,18-/m1/s1. The second-order valence-corrected chi connectivity index (χ2v) is 11.3. The molecular weight excluding hydrogens is 428 g/mol. The average Bonchev–Trinajstić information content (AvgIpc) is 2.97. The van der Waals surface area contributed by atoms with Gasteiger partial charge >= 0.3 is 0 Å². The number of anilines is 1. The first-order chi connectivity index (χ1) is 15.1. The first kappa shape index (κ1) is 23.6. The molecule has 4 fully saturated rings. The van der Waals surface area contributed by atoms with Crippen LogP contribution in [-0.4, -0.2) is 39.0 Å². The molecule has 8 heteroatoms. The van der Waals surface area contributed by atoms with Gasteiger partial charge in [0.2, 0.25) is 5.91 Å². The quantitative estimate of drug-likeness (QED) is 0.559. The topological polar surface area (TPSA) is 96.2 Å². The SMILES string of the molecule is C[C@@H]1[C@H]2C[C@@H](C[C@H]1Nc1cnn(CC(=O)NCC3(O)CCCCCC3)c(=O)c1Cl)C2(C)C. The van der Waals surface area contributed by atoms with Crippen LogP contribution in [0.3, 0.4) is 0 Å². The van der Waals surface area contributed by atoms with Gasteiger partial charge in [0.25, 0.3) is 5.56 Å². The fourth-order valence-corrected chi connectivity index (χ4v) is 6.44. The van der Waals surface area contributed by atoms with Gasteiger partial charge in [-0.15, -0.1) is 0 Å².